The van der Waals surface area contributed by atoms with Gasteiger partial charge in [0.05, 0.1) is 23.8 Å². The number of rotatable bonds is 3. The van der Waals surface area contributed by atoms with E-state index in [0.29, 0.717) is 24.7 Å². The standard InChI is InChI=1S/C18H17N3OS2/c19-16(23)10-20-11-18(13-6-2-1-3-7-13)12-22-15-9-5-4-8-14(15)21(18)17(20)24/h1-9H,10-12H2,(H2,19,23). The summed E-state index contributed by atoms with van der Waals surface area (Å²) >= 11 is 10.9. The Hall–Kier alpha value is -2.18. The molecule has 1 unspecified atom stereocenters. The first kappa shape index (κ1) is 15.4. The highest BCUT2D eigenvalue weighted by atomic mass is 32.1. The number of nitrogens with zero attached hydrogens (tertiary/aromatic N) is 2. The molecule has 0 amide bonds. The van der Waals surface area contributed by atoms with Gasteiger partial charge < -0.3 is 15.4 Å². The third-order valence-corrected chi connectivity index (χ3v) is 5.14. The highest BCUT2D eigenvalue weighted by Gasteiger charge is 2.53. The van der Waals surface area contributed by atoms with Gasteiger partial charge in [0.15, 0.2) is 5.11 Å². The van der Waals surface area contributed by atoms with Crippen molar-refractivity contribution < 1.29 is 4.74 Å². The predicted octanol–water partition coefficient (Wildman–Crippen LogP) is 2.67. The van der Waals surface area contributed by atoms with Gasteiger partial charge in [-0.05, 0) is 29.9 Å². The smallest absolute Gasteiger partial charge is 0.177 e. The lowest BCUT2D eigenvalue weighted by molar-refractivity contribution is 0.199. The van der Waals surface area contributed by atoms with Crippen molar-refractivity contribution in [2.24, 2.45) is 5.73 Å². The third-order valence-electron chi connectivity index (χ3n) is 4.57. The molecule has 0 spiro atoms. The molecule has 0 bridgehead atoms. The number of anilines is 1. The first-order valence-corrected chi connectivity index (χ1v) is 8.58. The van der Waals surface area contributed by atoms with E-state index in [-0.39, 0.29) is 5.54 Å². The molecule has 1 fully saturated rings. The summed E-state index contributed by atoms with van der Waals surface area (Å²) in [5.74, 6) is 0.851. The highest BCUT2D eigenvalue weighted by molar-refractivity contribution is 7.80. The van der Waals surface area contributed by atoms with Crippen LogP contribution in [0, 0.1) is 0 Å². The molecule has 122 valence electrons. The molecule has 2 aromatic carbocycles. The molecule has 2 heterocycles. The monoisotopic (exact) mass is 355 g/mol. The van der Waals surface area contributed by atoms with Gasteiger partial charge in [-0.25, -0.2) is 0 Å². The molecule has 4 rings (SSSR count). The number of hydrogen-bond donors (Lipinski definition) is 1. The lowest BCUT2D eigenvalue weighted by Gasteiger charge is -2.42. The van der Waals surface area contributed by atoms with Gasteiger partial charge in [-0.3, -0.25) is 4.90 Å². The molecule has 2 aromatic rings. The van der Waals surface area contributed by atoms with E-state index in [1.54, 1.807) is 0 Å². The molecule has 0 radical (unpaired) electrons. The van der Waals surface area contributed by atoms with Gasteiger partial charge in [0, 0.05) is 0 Å². The first-order chi connectivity index (χ1) is 11.6. The molecule has 0 aliphatic carbocycles. The maximum atomic E-state index is 6.10. The van der Waals surface area contributed by atoms with Crippen molar-refractivity contribution in [3.05, 3.63) is 60.2 Å². The number of nitrogens with two attached hydrogens (primary N) is 1. The number of para-hydroxylation sites is 2. The van der Waals surface area contributed by atoms with Gasteiger partial charge >= 0.3 is 0 Å². The van der Waals surface area contributed by atoms with Gasteiger partial charge in [0.25, 0.3) is 0 Å². The fourth-order valence-electron chi connectivity index (χ4n) is 3.55. The van der Waals surface area contributed by atoms with Crippen LogP contribution in [0.4, 0.5) is 5.69 Å². The van der Waals surface area contributed by atoms with E-state index in [0.717, 1.165) is 16.5 Å². The van der Waals surface area contributed by atoms with Crippen LogP contribution in [0.5, 0.6) is 5.75 Å². The van der Waals surface area contributed by atoms with Crippen LogP contribution in [0.15, 0.2) is 54.6 Å². The number of thiocarbonyl (C=S) groups is 2. The maximum absolute atomic E-state index is 6.10. The molecule has 0 aromatic heterocycles. The van der Waals surface area contributed by atoms with Gasteiger partial charge in [0.2, 0.25) is 0 Å². The lowest BCUT2D eigenvalue weighted by Crippen LogP contribution is -2.51. The Bertz CT molecular complexity index is 811. The topological polar surface area (TPSA) is 41.7 Å². The largest absolute Gasteiger partial charge is 0.488 e. The molecule has 2 aliphatic rings. The second-order valence-corrected chi connectivity index (χ2v) is 6.98. The molecular formula is C18H17N3OS2. The Kier molecular flexibility index (Phi) is 3.66. The zero-order chi connectivity index (χ0) is 16.7. The highest BCUT2D eigenvalue weighted by Crippen LogP contribution is 2.47. The maximum Gasteiger partial charge on any atom is 0.177 e. The van der Waals surface area contributed by atoms with E-state index in [1.165, 1.54) is 5.56 Å². The normalized spacial score (nSPS) is 21.9. The summed E-state index contributed by atoms with van der Waals surface area (Å²) in [4.78, 5) is 4.71. The zero-order valence-corrected chi connectivity index (χ0v) is 14.6. The fraction of sp³-hybridized carbons (Fsp3) is 0.222. The van der Waals surface area contributed by atoms with Crippen molar-refractivity contribution in [2.45, 2.75) is 5.54 Å². The van der Waals surface area contributed by atoms with Gasteiger partial charge in [-0.15, -0.1) is 0 Å². The number of fused-ring (bicyclic) bond motifs is 3. The third kappa shape index (κ3) is 2.25. The quantitative estimate of drug-likeness (QED) is 0.854. The van der Waals surface area contributed by atoms with Crippen molar-refractivity contribution in [3.8, 4) is 5.75 Å². The molecule has 1 saturated heterocycles. The van der Waals surface area contributed by atoms with Crippen LogP contribution in [-0.4, -0.2) is 34.7 Å². The van der Waals surface area contributed by atoms with Crippen LogP contribution in [0.25, 0.3) is 0 Å². The molecule has 0 saturated carbocycles. The number of benzene rings is 2. The van der Waals surface area contributed by atoms with Crippen LogP contribution in [0.2, 0.25) is 0 Å². The minimum Gasteiger partial charge on any atom is -0.488 e. The average Bonchev–Trinajstić information content (AvgIpc) is 2.89. The van der Waals surface area contributed by atoms with Crippen molar-refractivity contribution in [3.63, 3.8) is 0 Å². The Morgan fingerprint density at radius 3 is 2.58 bits per heavy atom. The number of ether oxygens (including phenoxy) is 1. The van der Waals surface area contributed by atoms with Gasteiger partial charge in [-0.2, -0.15) is 0 Å². The molecule has 6 heteroatoms. The van der Waals surface area contributed by atoms with Gasteiger partial charge in [0.1, 0.15) is 17.9 Å². The molecule has 2 N–H and O–H groups in total. The summed E-state index contributed by atoms with van der Waals surface area (Å²) in [6.45, 7) is 1.70. The van der Waals surface area contributed by atoms with E-state index in [1.807, 2.05) is 42.5 Å². The van der Waals surface area contributed by atoms with Crippen molar-refractivity contribution in [1.29, 1.82) is 0 Å². The Morgan fingerprint density at radius 1 is 1.12 bits per heavy atom. The minimum absolute atomic E-state index is 0.364. The first-order valence-electron chi connectivity index (χ1n) is 7.77. The van der Waals surface area contributed by atoms with Crippen molar-refractivity contribution >= 4 is 40.2 Å². The number of hydrogen-bond acceptors (Lipinski definition) is 3. The lowest BCUT2D eigenvalue weighted by atomic mass is 9.88. The van der Waals surface area contributed by atoms with Crippen LogP contribution in [0.3, 0.4) is 0 Å². The van der Waals surface area contributed by atoms with Crippen LogP contribution in [-0.2, 0) is 5.54 Å². The second-order valence-electron chi connectivity index (χ2n) is 6.09. The Morgan fingerprint density at radius 2 is 1.83 bits per heavy atom. The fourth-order valence-corrected chi connectivity index (χ4v) is 4.11. The summed E-state index contributed by atoms with van der Waals surface area (Å²) in [7, 11) is 0. The van der Waals surface area contributed by atoms with E-state index < -0.39 is 0 Å². The van der Waals surface area contributed by atoms with Crippen molar-refractivity contribution in [1.82, 2.24) is 4.90 Å². The molecule has 2 aliphatic heterocycles. The van der Waals surface area contributed by atoms with E-state index in [2.05, 4.69) is 21.9 Å². The predicted molar refractivity (Wildman–Crippen MR) is 103 cm³/mol. The molecule has 4 nitrogen and oxygen atoms in total. The Balaban J connectivity index is 1.87. The SMILES string of the molecule is NC(=S)CN1CC2(c3ccccc3)COc3ccccc3N2C1=S. The summed E-state index contributed by atoms with van der Waals surface area (Å²) in [6, 6.07) is 18.3. The minimum atomic E-state index is -0.364. The molecule has 24 heavy (non-hydrogen) atoms. The average molecular weight is 355 g/mol. The summed E-state index contributed by atoms with van der Waals surface area (Å²) < 4.78 is 6.10. The molecular weight excluding hydrogens is 338 g/mol. The van der Waals surface area contributed by atoms with E-state index in [9.17, 15) is 0 Å². The van der Waals surface area contributed by atoms with Crippen LogP contribution >= 0.6 is 24.4 Å². The van der Waals surface area contributed by atoms with Crippen LogP contribution < -0.4 is 15.4 Å². The van der Waals surface area contributed by atoms with Crippen LogP contribution in [0.1, 0.15) is 5.56 Å². The van der Waals surface area contributed by atoms with Gasteiger partial charge in [-0.1, -0.05) is 54.7 Å². The summed E-state index contributed by atoms with van der Waals surface area (Å²) in [6.07, 6.45) is 0. The Labute approximate surface area is 151 Å². The second kappa shape index (κ2) is 5.72. The van der Waals surface area contributed by atoms with E-state index in [4.69, 9.17) is 34.9 Å². The van der Waals surface area contributed by atoms with E-state index >= 15 is 0 Å². The summed E-state index contributed by atoms with van der Waals surface area (Å²) in [5.41, 5.74) is 7.58. The zero-order valence-electron chi connectivity index (χ0n) is 13.0. The summed E-state index contributed by atoms with van der Waals surface area (Å²) in [5, 5.41) is 0.738. The van der Waals surface area contributed by atoms with Crippen molar-refractivity contribution in [2.75, 3.05) is 24.6 Å². The molecule has 1 atom stereocenters.